The Morgan fingerprint density at radius 2 is 2.00 bits per heavy atom. The zero-order valence-corrected chi connectivity index (χ0v) is 14.3. The summed E-state index contributed by atoms with van der Waals surface area (Å²) in [5, 5.41) is 13.7. The number of carbonyl (C=O) groups is 3. The molecule has 0 bridgehead atoms. The van der Waals surface area contributed by atoms with Crippen LogP contribution in [0.4, 0.5) is 5.69 Å². The van der Waals surface area contributed by atoms with Crippen LogP contribution in [0.25, 0.3) is 0 Å². The van der Waals surface area contributed by atoms with E-state index in [4.69, 9.17) is 5.11 Å². The molecule has 0 unspecified atom stereocenters. The number of carbonyl (C=O) groups excluding carboxylic acids is 2. The fourth-order valence-electron chi connectivity index (χ4n) is 2.84. The monoisotopic (exact) mass is 358 g/mol. The molecule has 0 spiro atoms. The molecular weight excluding hydrogens is 340 g/mol. The van der Waals surface area contributed by atoms with Crippen LogP contribution in [-0.4, -0.2) is 29.4 Å². The number of nitrogens with zero attached hydrogens (tertiary/aromatic N) is 1. The summed E-state index contributed by atoms with van der Waals surface area (Å²) in [5.74, 6) is -1.21. The number of thiophene rings is 1. The van der Waals surface area contributed by atoms with Gasteiger partial charge in [0.25, 0.3) is 5.91 Å². The Kier molecular flexibility index (Phi) is 5.14. The molecule has 1 atom stereocenters. The van der Waals surface area contributed by atoms with Gasteiger partial charge in [-0.3, -0.25) is 14.4 Å². The number of hydrogen-bond donors (Lipinski definition) is 2. The van der Waals surface area contributed by atoms with Gasteiger partial charge in [-0.25, -0.2) is 0 Å². The first kappa shape index (κ1) is 17.2. The summed E-state index contributed by atoms with van der Waals surface area (Å²) in [6, 6.07) is 9.87. The Balaban J connectivity index is 1.71. The molecule has 1 aliphatic rings. The maximum Gasteiger partial charge on any atom is 0.305 e. The second-order valence-electron chi connectivity index (χ2n) is 5.84. The van der Waals surface area contributed by atoms with Crippen LogP contribution in [0, 0.1) is 0 Å². The van der Waals surface area contributed by atoms with E-state index < -0.39 is 12.0 Å². The van der Waals surface area contributed by atoms with Gasteiger partial charge in [0.2, 0.25) is 5.91 Å². The molecule has 1 aromatic heterocycles. The number of rotatable bonds is 6. The van der Waals surface area contributed by atoms with E-state index in [1.807, 2.05) is 11.4 Å². The SMILES string of the molecule is O=C(O)C[C@@H](NC(=O)c1ccc(N2CCCC2=O)cc1)c1cccs1. The Bertz CT molecular complexity index is 771. The number of hydrogen-bond acceptors (Lipinski definition) is 4. The van der Waals surface area contributed by atoms with E-state index in [0.717, 1.165) is 17.0 Å². The van der Waals surface area contributed by atoms with E-state index in [1.54, 1.807) is 35.2 Å². The van der Waals surface area contributed by atoms with Crippen LogP contribution in [0.5, 0.6) is 0 Å². The first-order chi connectivity index (χ1) is 12.0. The highest BCUT2D eigenvalue weighted by molar-refractivity contribution is 7.10. The second-order valence-corrected chi connectivity index (χ2v) is 6.81. The van der Waals surface area contributed by atoms with Crippen LogP contribution in [0.15, 0.2) is 41.8 Å². The van der Waals surface area contributed by atoms with Crippen molar-refractivity contribution >= 4 is 34.8 Å². The molecule has 6 nitrogen and oxygen atoms in total. The van der Waals surface area contributed by atoms with Gasteiger partial charge in [0.1, 0.15) is 0 Å². The summed E-state index contributed by atoms with van der Waals surface area (Å²) < 4.78 is 0. The van der Waals surface area contributed by atoms with Crippen LogP contribution in [-0.2, 0) is 9.59 Å². The first-order valence-corrected chi connectivity index (χ1v) is 8.89. The lowest BCUT2D eigenvalue weighted by Gasteiger charge is -2.17. The van der Waals surface area contributed by atoms with Crippen molar-refractivity contribution in [2.24, 2.45) is 0 Å². The predicted octanol–water partition coefficient (Wildman–Crippen LogP) is 2.82. The highest BCUT2D eigenvalue weighted by atomic mass is 32.1. The Morgan fingerprint density at radius 3 is 2.56 bits per heavy atom. The van der Waals surface area contributed by atoms with Gasteiger partial charge in [-0.15, -0.1) is 11.3 Å². The van der Waals surface area contributed by atoms with E-state index in [0.29, 0.717) is 18.5 Å². The van der Waals surface area contributed by atoms with Crippen molar-refractivity contribution in [2.75, 3.05) is 11.4 Å². The molecule has 1 saturated heterocycles. The molecule has 0 saturated carbocycles. The third kappa shape index (κ3) is 4.06. The van der Waals surface area contributed by atoms with Gasteiger partial charge < -0.3 is 15.3 Å². The molecule has 3 rings (SSSR count). The van der Waals surface area contributed by atoms with Gasteiger partial charge in [-0.05, 0) is 42.1 Å². The average Bonchev–Trinajstić information content (AvgIpc) is 3.25. The lowest BCUT2D eigenvalue weighted by atomic mass is 10.1. The third-order valence-electron chi connectivity index (χ3n) is 4.09. The molecule has 2 aromatic rings. The predicted molar refractivity (Wildman–Crippen MR) is 94.8 cm³/mol. The summed E-state index contributed by atoms with van der Waals surface area (Å²) >= 11 is 1.41. The van der Waals surface area contributed by atoms with E-state index in [2.05, 4.69) is 5.32 Å². The van der Waals surface area contributed by atoms with Crippen LogP contribution in [0.1, 0.15) is 40.5 Å². The summed E-state index contributed by atoms with van der Waals surface area (Å²) in [5.41, 5.74) is 1.21. The summed E-state index contributed by atoms with van der Waals surface area (Å²) in [7, 11) is 0. The van der Waals surface area contributed by atoms with E-state index >= 15 is 0 Å². The fourth-order valence-corrected chi connectivity index (χ4v) is 3.62. The van der Waals surface area contributed by atoms with Crippen molar-refractivity contribution in [1.82, 2.24) is 5.32 Å². The molecule has 25 heavy (non-hydrogen) atoms. The molecule has 7 heteroatoms. The van der Waals surface area contributed by atoms with Gasteiger partial charge in [-0.1, -0.05) is 6.07 Å². The van der Waals surface area contributed by atoms with Crippen molar-refractivity contribution in [3.63, 3.8) is 0 Å². The van der Waals surface area contributed by atoms with Gasteiger partial charge in [-0.2, -0.15) is 0 Å². The molecular formula is C18H18N2O4S. The third-order valence-corrected chi connectivity index (χ3v) is 5.07. The van der Waals surface area contributed by atoms with Crippen molar-refractivity contribution < 1.29 is 19.5 Å². The summed E-state index contributed by atoms with van der Waals surface area (Å²) in [6.45, 7) is 0.698. The minimum absolute atomic E-state index is 0.0939. The fraction of sp³-hybridized carbons (Fsp3) is 0.278. The zero-order valence-electron chi connectivity index (χ0n) is 13.5. The zero-order chi connectivity index (χ0) is 17.8. The van der Waals surface area contributed by atoms with Crippen LogP contribution in [0.2, 0.25) is 0 Å². The maximum absolute atomic E-state index is 12.4. The lowest BCUT2D eigenvalue weighted by Crippen LogP contribution is -2.29. The number of nitrogens with one attached hydrogen (secondary N) is 1. The molecule has 2 amide bonds. The quantitative estimate of drug-likeness (QED) is 0.831. The minimum atomic E-state index is -0.971. The van der Waals surface area contributed by atoms with Gasteiger partial charge in [0.15, 0.2) is 0 Å². The maximum atomic E-state index is 12.4. The Labute approximate surface area is 149 Å². The lowest BCUT2D eigenvalue weighted by molar-refractivity contribution is -0.137. The van der Waals surface area contributed by atoms with Crippen molar-refractivity contribution in [2.45, 2.75) is 25.3 Å². The molecule has 0 aliphatic carbocycles. The van der Waals surface area contributed by atoms with Crippen molar-refractivity contribution in [3.05, 3.63) is 52.2 Å². The molecule has 1 aliphatic heterocycles. The van der Waals surface area contributed by atoms with Gasteiger partial charge >= 0.3 is 5.97 Å². The number of aliphatic carboxylic acids is 1. The number of carboxylic acid groups (broad SMARTS) is 1. The van der Waals surface area contributed by atoms with Crippen LogP contribution < -0.4 is 10.2 Å². The summed E-state index contributed by atoms with van der Waals surface area (Å²) in [4.78, 5) is 37.8. The number of benzene rings is 1. The van der Waals surface area contributed by atoms with E-state index in [1.165, 1.54) is 11.3 Å². The van der Waals surface area contributed by atoms with E-state index in [9.17, 15) is 14.4 Å². The molecule has 0 radical (unpaired) electrons. The second kappa shape index (κ2) is 7.48. The van der Waals surface area contributed by atoms with Crippen molar-refractivity contribution in [3.8, 4) is 0 Å². The van der Waals surface area contributed by atoms with Crippen LogP contribution >= 0.6 is 11.3 Å². The Morgan fingerprint density at radius 1 is 1.24 bits per heavy atom. The highest BCUT2D eigenvalue weighted by Crippen LogP contribution is 2.24. The molecule has 2 N–H and O–H groups in total. The highest BCUT2D eigenvalue weighted by Gasteiger charge is 2.23. The van der Waals surface area contributed by atoms with Gasteiger partial charge in [0, 0.05) is 29.1 Å². The minimum Gasteiger partial charge on any atom is -0.481 e. The summed E-state index contributed by atoms with van der Waals surface area (Å²) in [6.07, 6.45) is 1.23. The normalized spacial score (nSPS) is 15.2. The largest absolute Gasteiger partial charge is 0.481 e. The van der Waals surface area contributed by atoms with Gasteiger partial charge in [0.05, 0.1) is 12.5 Å². The molecule has 1 aromatic carbocycles. The Hall–Kier alpha value is -2.67. The van der Waals surface area contributed by atoms with Crippen LogP contribution in [0.3, 0.4) is 0 Å². The average molecular weight is 358 g/mol. The smallest absolute Gasteiger partial charge is 0.305 e. The molecule has 130 valence electrons. The standard InChI is InChI=1S/C18H18N2O4S/c21-16-4-1-9-20(16)13-7-5-12(6-8-13)18(24)19-14(11-17(22)23)15-3-2-10-25-15/h2-3,5-8,10,14H,1,4,9,11H2,(H,19,24)(H,22,23)/t14-/m1/s1. The topological polar surface area (TPSA) is 86.7 Å². The number of amides is 2. The molecule has 1 fully saturated rings. The van der Waals surface area contributed by atoms with E-state index in [-0.39, 0.29) is 18.2 Å². The van der Waals surface area contributed by atoms with Crippen molar-refractivity contribution in [1.29, 1.82) is 0 Å². The first-order valence-electron chi connectivity index (χ1n) is 8.01. The number of anilines is 1. The molecule has 2 heterocycles. The number of carboxylic acids is 1.